The molecule has 144 valence electrons. The lowest BCUT2D eigenvalue weighted by Crippen LogP contribution is -2.21. The van der Waals surface area contributed by atoms with Gasteiger partial charge in [-0.3, -0.25) is 4.79 Å². The van der Waals surface area contributed by atoms with E-state index in [-0.39, 0.29) is 17.9 Å². The van der Waals surface area contributed by atoms with Crippen LogP contribution in [-0.2, 0) is 11.2 Å². The molecule has 0 aliphatic carbocycles. The molecule has 7 heteroatoms. The van der Waals surface area contributed by atoms with Gasteiger partial charge in [-0.1, -0.05) is 29.8 Å². The fourth-order valence-corrected chi connectivity index (χ4v) is 3.31. The molecule has 2 N–H and O–H groups in total. The van der Waals surface area contributed by atoms with Crippen LogP contribution in [0.5, 0.6) is 11.5 Å². The molecule has 1 unspecified atom stereocenters. The van der Waals surface area contributed by atoms with Gasteiger partial charge in [-0.25, -0.2) is 0 Å². The fourth-order valence-electron chi connectivity index (χ4n) is 3.18. The SMILES string of the molecule is N#CC1=C(N)Oc2cc(OC(=O)Cc3ccc(Cl)cc3)ccc2C1c1ccco1. The van der Waals surface area contributed by atoms with Gasteiger partial charge in [0.1, 0.15) is 28.9 Å². The molecular weight excluding hydrogens is 392 g/mol. The number of fused-ring (bicyclic) bond motifs is 1. The highest BCUT2D eigenvalue weighted by Gasteiger charge is 2.32. The fraction of sp³-hybridized carbons (Fsp3) is 0.0909. The molecule has 3 aromatic rings. The quantitative estimate of drug-likeness (QED) is 0.512. The number of rotatable bonds is 4. The van der Waals surface area contributed by atoms with E-state index in [0.717, 1.165) is 5.56 Å². The zero-order valence-electron chi connectivity index (χ0n) is 15.1. The van der Waals surface area contributed by atoms with Crippen molar-refractivity contribution < 1.29 is 18.7 Å². The first-order valence-corrected chi connectivity index (χ1v) is 9.13. The van der Waals surface area contributed by atoms with Gasteiger partial charge in [0.25, 0.3) is 0 Å². The van der Waals surface area contributed by atoms with E-state index >= 15 is 0 Å². The van der Waals surface area contributed by atoms with Gasteiger partial charge < -0.3 is 19.6 Å². The maximum atomic E-state index is 12.3. The highest BCUT2D eigenvalue weighted by atomic mass is 35.5. The summed E-state index contributed by atoms with van der Waals surface area (Å²) >= 11 is 5.86. The van der Waals surface area contributed by atoms with Crippen LogP contribution < -0.4 is 15.2 Å². The Morgan fingerprint density at radius 2 is 2.00 bits per heavy atom. The minimum atomic E-state index is -0.488. The molecule has 0 saturated carbocycles. The Hall–Kier alpha value is -3.69. The molecule has 1 aliphatic heterocycles. The first-order valence-electron chi connectivity index (χ1n) is 8.75. The maximum Gasteiger partial charge on any atom is 0.315 e. The Labute approximate surface area is 171 Å². The summed E-state index contributed by atoms with van der Waals surface area (Å²) in [5.41, 5.74) is 7.69. The molecule has 0 spiro atoms. The van der Waals surface area contributed by atoms with Crippen molar-refractivity contribution in [3.05, 3.63) is 94.2 Å². The molecule has 2 aromatic carbocycles. The van der Waals surface area contributed by atoms with Crippen LogP contribution in [0, 0.1) is 11.3 Å². The number of ether oxygens (including phenoxy) is 2. The number of furan rings is 1. The standard InChI is InChI=1S/C22H15ClN2O4/c23-14-5-3-13(4-6-14)10-20(26)28-15-7-8-16-19(11-15)29-22(25)17(12-24)21(16)18-2-1-9-27-18/h1-9,11,21H,10,25H2. The van der Waals surface area contributed by atoms with Crippen LogP contribution in [0.25, 0.3) is 0 Å². The van der Waals surface area contributed by atoms with Crippen molar-refractivity contribution in [2.24, 2.45) is 5.73 Å². The van der Waals surface area contributed by atoms with Crippen molar-refractivity contribution in [2.75, 3.05) is 0 Å². The van der Waals surface area contributed by atoms with Crippen LogP contribution in [0.4, 0.5) is 0 Å². The number of carbonyl (C=O) groups is 1. The summed E-state index contributed by atoms with van der Waals surface area (Å²) in [7, 11) is 0. The van der Waals surface area contributed by atoms with E-state index in [4.69, 9.17) is 31.2 Å². The summed E-state index contributed by atoms with van der Waals surface area (Å²) in [6.07, 6.45) is 1.63. The average molecular weight is 407 g/mol. The zero-order valence-corrected chi connectivity index (χ0v) is 15.8. The average Bonchev–Trinajstić information content (AvgIpc) is 3.23. The van der Waals surface area contributed by atoms with E-state index in [2.05, 4.69) is 6.07 Å². The molecule has 0 radical (unpaired) electrons. The van der Waals surface area contributed by atoms with Gasteiger partial charge in [0.2, 0.25) is 5.88 Å². The van der Waals surface area contributed by atoms with Crippen molar-refractivity contribution in [3.63, 3.8) is 0 Å². The largest absolute Gasteiger partial charge is 0.468 e. The molecule has 1 aromatic heterocycles. The molecule has 0 saturated heterocycles. The number of carbonyl (C=O) groups excluding carboxylic acids is 1. The number of hydrogen-bond acceptors (Lipinski definition) is 6. The van der Waals surface area contributed by atoms with Gasteiger partial charge in [0, 0.05) is 16.7 Å². The number of hydrogen-bond donors (Lipinski definition) is 1. The summed E-state index contributed by atoms with van der Waals surface area (Å²) in [5.74, 6) is 0.367. The highest BCUT2D eigenvalue weighted by Crippen LogP contribution is 2.43. The van der Waals surface area contributed by atoms with E-state index in [1.807, 2.05) is 0 Å². The second-order valence-electron chi connectivity index (χ2n) is 6.42. The molecule has 29 heavy (non-hydrogen) atoms. The Morgan fingerprint density at radius 1 is 1.21 bits per heavy atom. The van der Waals surface area contributed by atoms with Crippen LogP contribution in [0.1, 0.15) is 22.8 Å². The smallest absolute Gasteiger partial charge is 0.315 e. The van der Waals surface area contributed by atoms with E-state index < -0.39 is 11.9 Å². The number of nitrogens with zero attached hydrogens (tertiary/aromatic N) is 1. The predicted molar refractivity (Wildman–Crippen MR) is 105 cm³/mol. The van der Waals surface area contributed by atoms with Crippen molar-refractivity contribution in [1.29, 1.82) is 5.26 Å². The van der Waals surface area contributed by atoms with Gasteiger partial charge in [-0.15, -0.1) is 0 Å². The second kappa shape index (κ2) is 7.74. The molecule has 0 fully saturated rings. The normalized spacial score (nSPS) is 15.2. The predicted octanol–water partition coefficient (Wildman–Crippen LogP) is 4.30. The Kier molecular flexibility index (Phi) is 4.98. The number of esters is 1. The Morgan fingerprint density at radius 3 is 2.69 bits per heavy atom. The molecule has 0 amide bonds. The third-order valence-corrected chi connectivity index (χ3v) is 4.76. The first kappa shape index (κ1) is 18.7. The van der Waals surface area contributed by atoms with E-state index in [1.165, 1.54) is 6.26 Å². The number of allylic oxidation sites excluding steroid dienone is 1. The van der Waals surface area contributed by atoms with Gasteiger partial charge in [-0.05, 0) is 35.9 Å². The van der Waals surface area contributed by atoms with Crippen LogP contribution in [0.3, 0.4) is 0 Å². The van der Waals surface area contributed by atoms with Crippen molar-refractivity contribution in [2.45, 2.75) is 12.3 Å². The molecule has 1 atom stereocenters. The summed E-state index contributed by atoms with van der Waals surface area (Å²) in [5, 5.41) is 10.1. The van der Waals surface area contributed by atoms with Crippen LogP contribution in [-0.4, -0.2) is 5.97 Å². The van der Waals surface area contributed by atoms with E-state index in [9.17, 15) is 10.1 Å². The molecule has 4 rings (SSSR count). The minimum absolute atomic E-state index is 0.00830. The topological polar surface area (TPSA) is 98.5 Å². The molecule has 2 heterocycles. The number of nitrogens with two attached hydrogens (primary N) is 1. The second-order valence-corrected chi connectivity index (χ2v) is 6.85. The van der Waals surface area contributed by atoms with Gasteiger partial charge in [-0.2, -0.15) is 5.26 Å². The van der Waals surface area contributed by atoms with Crippen LogP contribution in [0.15, 0.2) is 76.7 Å². The summed E-state index contributed by atoms with van der Waals surface area (Å²) in [6.45, 7) is 0. The number of halogens is 1. The zero-order chi connectivity index (χ0) is 20.4. The summed E-state index contributed by atoms with van der Waals surface area (Å²) in [6, 6.07) is 17.5. The van der Waals surface area contributed by atoms with E-state index in [0.29, 0.717) is 27.8 Å². The van der Waals surface area contributed by atoms with Crippen LogP contribution >= 0.6 is 11.6 Å². The minimum Gasteiger partial charge on any atom is -0.468 e. The summed E-state index contributed by atoms with van der Waals surface area (Å²) in [4.78, 5) is 12.3. The number of nitriles is 1. The lowest BCUT2D eigenvalue weighted by Gasteiger charge is -2.25. The third kappa shape index (κ3) is 3.82. The lowest BCUT2D eigenvalue weighted by molar-refractivity contribution is -0.133. The molecule has 1 aliphatic rings. The van der Waals surface area contributed by atoms with Crippen molar-refractivity contribution >= 4 is 17.6 Å². The van der Waals surface area contributed by atoms with E-state index in [1.54, 1.807) is 54.6 Å². The third-order valence-electron chi connectivity index (χ3n) is 4.51. The van der Waals surface area contributed by atoms with Crippen LogP contribution in [0.2, 0.25) is 5.02 Å². The monoisotopic (exact) mass is 406 g/mol. The Bertz CT molecular complexity index is 1130. The van der Waals surface area contributed by atoms with Crippen molar-refractivity contribution in [3.8, 4) is 17.6 Å². The molecular formula is C22H15ClN2O4. The van der Waals surface area contributed by atoms with Crippen molar-refractivity contribution in [1.82, 2.24) is 0 Å². The summed E-state index contributed by atoms with van der Waals surface area (Å²) < 4.78 is 16.5. The van der Waals surface area contributed by atoms with Gasteiger partial charge in [0.15, 0.2) is 0 Å². The number of benzene rings is 2. The molecule has 6 nitrogen and oxygen atoms in total. The lowest BCUT2D eigenvalue weighted by atomic mass is 9.87. The highest BCUT2D eigenvalue weighted by molar-refractivity contribution is 6.30. The maximum absolute atomic E-state index is 12.3. The Balaban J connectivity index is 1.58. The van der Waals surface area contributed by atoms with Gasteiger partial charge in [0.05, 0.1) is 18.6 Å². The first-order chi connectivity index (χ1) is 14.0. The van der Waals surface area contributed by atoms with Gasteiger partial charge >= 0.3 is 5.97 Å². The molecule has 0 bridgehead atoms.